The van der Waals surface area contributed by atoms with Gasteiger partial charge in [0.05, 0.1) is 12.0 Å². The van der Waals surface area contributed by atoms with Crippen LogP contribution in [-0.2, 0) is 0 Å². The first-order chi connectivity index (χ1) is 10.1. The number of rotatable bonds is 5. The zero-order valence-corrected chi connectivity index (χ0v) is 11.4. The first kappa shape index (κ1) is 14.5. The highest BCUT2D eigenvalue weighted by molar-refractivity contribution is 6.06. The first-order valence-electron chi connectivity index (χ1n) is 6.21. The van der Waals surface area contributed by atoms with Gasteiger partial charge in [0, 0.05) is 11.6 Å². The summed E-state index contributed by atoms with van der Waals surface area (Å²) in [5.74, 6) is 0.0283. The Morgan fingerprint density at radius 3 is 2.52 bits per heavy atom. The molecular formula is C16H13NO4. The SMILES string of the molecule is COc1ccc(C=CC(=O)c2ccccc2)cc1[N+](=O)[O-]. The van der Waals surface area contributed by atoms with E-state index >= 15 is 0 Å². The van der Waals surface area contributed by atoms with E-state index < -0.39 is 4.92 Å². The van der Waals surface area contributed by atoms with E-state index in [1.165, 1.54) is 25.3 Å². The Morgan fingerprint density at radius 2 is 1.90 bits per heavy atom. The van der Waals surface area contributed by atoms with Crippen LogP contribution in [0.4, 0.5) is 5.69 Å². The predicted octanol–water partition coefficient (Wildman–Crippen LogP) is 3.50. The summed E-state index contributed by atoms with van der Waals surface area (Å²) < 4.78 is 4.92. The Bertz CT molecular complexity index is 693. The Labute approximate surface area is 121 Å². The Kier molecular flexibility index (Phi) is 4.46. The highest BCUT2D eigenvalue weighted by Gasteiger charge is 2.14. The summed E-state index contributed by atoms with van der Waals surface area (Å²) >= 11 is 0. The zero-order valence-electron chi connectivity index (χ0n) is 11.4. The number of ketones is 1. The normalized spacial score (nSPS) is 10.5. The molecule has 2 aromatic carbocycles. The highest BCUT2D eigenvalue weighted by atomic mass is 16.6. The lowest BCUT2D eigenvalue weighted by Crippen LogP contribution is -1.95. The maximum atomic E-state index is 11.9. The van der Waals surface area contributed by atoms with Gasteiger partial charge < -0.3 is 4.74 Å². The number of ether oxygens (including phenoxy) is 1. The topological polar surface area (TPSA) is 69.4 Å². The second-order valence-electron chi connectivity index (χ2n) is 4.25. The number of methoxy groups -OCH3 is 1. The number of benzene rings is 2. The van der Waals surface area contributed by atoms with Crippen molar-refractivity contribution in [3.8, 4) is 5.75 Å². The maximum absolute atomic E-state index is 11.9. The van der Waals surface area contributed by atoms with E-state index in [1.54, 1.807) is 36.4 Å². The molecule has 0 bridgehead atoms. The second-order valence-corrected chi connectivity index (χ2v) is 4.25. The minimum atomic E-state index is -0.519. The molecule has 0 heterocycles. The van der Waals surface area contributed by atoms with Gasteiger partial charge in [-0.1, -0.05) is 42.5 Å². The summed E-state index contributed by atoms with van der Waals surface area (Å²) in [4.78, 5) is 22.3. The Morgan fingerprint density at radius 1 is 1.19 bits per heavy atom. The van der Waals surface area contributed by atoms with Gasteiger partial charge in [0.2, 0.25) is 0 Å². The maximum Gasteiger partial charge on any atom is 0.311 e. The van der Waals surface area contributed by atoms with Crippen LogP contribution in [0.1, 0.15) is 15.9 Å². The number of allylic oxidation sites excluding steroid dienone is 1. The molecule has 0 aromatic heterocycles. The summed E-state index contributed by atoms with van der Waals surface area (Å²) in [5.41, 5.74) is 0.996. The molecule has 0 aliphatic rings. The second kappa shape index (κ2) is 6.47. The average molecular weight is 283 g/mol. The van der Waals surface area contributed by atoms with Gasteiger partial charge in [-0.3, -0.25) is 14.9 Å². The van der Waals surface area contributed by atoms with Crippen LogP contribution in [-0.4, -0.2) is 17.8 Å². The van der Waals surface area contributed by atoms with Gasteiger partial charge in [-0.2, -0.15) is 0 Å². The molecule has 5 heteroatoms. The summed E-state index contributed by atoms with van der Waals surface area (Å²) in [5, 5.41) is 10.9. The van der Waals surface area contributed by atoms with Crippen LogP contribution in [0, 0.1) is 10.1 Å². The van der Waals surface area contributed by atoms with Crippen molar-refractivity contribution in [1.29, 1.82) is 0 Å². The van der Waals surface area contributed by atoms with Gasteiger partial charge in [0.1, 0.15) is 0 Å². The number of carbonyl (C=O) groups excluding carboxylic acids is 1. The lowest BCUT2D eigenvalue weighted by atomic mass is 10.1. The number of nitro benzene ring substituents is 1. The van der Waals surface area contributed by atoms with Crippen LogP contribution in [0.2, 0.25) is 0 Å². The molecule has 0 N–H and O–H groups in total. The highest BCUT2D eigenvalue weighted by Crippen LogP contribution is 2.27. The minimum Gasteiger partial charge on any atom is -0.490 e. The van der Waals surface area contributed by atoms with E-state index in [1.807, 2.05) is 6.07 Å². The molecule has 5 nitrogen and oxygen atoms in total. The molecular weight excluding hydrogens is 270 g/mol. The third kappa shape index (κ3) is 3.54. The van der Waals surface area contributed by atoms with E-state index in [-0.39, 0.29) is 17.2 Å². The Hall–Kier alpha value is -2.95. The molecule has 0 aliphatic heterocycles. The van der Waals surface area contributed by atoms with E-state index in [2.05, 4.69) is 0 Å². The molecule has 2 rings (SSSR count). The van der Waals surface area contributed by atoms with Crippen molar-refractivity contribution in [3.05, 3.63) is 75.8 Å². The summed E-state index contributed by atoms with van der Waals surface area (Å²) in [6.07, 6.45) is 2.93. The quantitative estimate of drug-likeness (QED) is 0.364. The first-order valence-corrected chi connectivity index (χ1v) is 6.21. The minimum absolute atomic E-state index is 0.133. The molecule has 0 unspecified atom stereocenters. The number of nitrogens with zero attached hydrogens (tertiary/aromatic N) is 1. The average Bonchev–Trinajstić information content (AvgIpc) is 2.53. The van der Waals surface area contributed by atoms with Crippen molar-refractivity contribution in [2.45, 2.75) is 0 Å². The van der Waals surface area contributed by atoms with Gasteiger partial charge in [0.15, 0.2) is 11.5 Å². The molecule has 0 spiro atoms. The standard InChI is InChI=1S/C16H13NO4/c1-21-16-10-8-12(11-14(16)17(19)20)7-9-15(18)13-5-3-2-4-6-13/h2-11H,1H3. The van der Waals surface area contributed by atoms with Crippen molar-refractivity contribution in [3.63, 3.8) is 0 Å². The molecule has 0 atom stereocenters. The third-order valence-electron chi connectivity index (χ3n) is 2.89. The van der Waals surface area contributed by atoms with Gasteiger partial charge in [-0.05, 0) is 17.7 Å². The van der Waals surface area contributed by atoms with Crippen LogP contribution in [0.3, 0.4) is 0 Å². The van der Waals surface area contributed by atoms with Crippen molar-refractivity contribution in [2.75, 3.05) is 7.11 Å². The van der Waals surface area contributed by atoms with Crippen molar-refractivity contribution >= 4 is 17.5 Å². The van der Waals surface area contributed by atoms with Crippen LogP contribution in [0.15, 0.2) is 54.6 Å². The van der Waals surface area contributed by atoms with E-state index in [0.29, 0.717) is 11.1 Å². The van der Waals surface area contributed by atoms with E-state index in [4.69, 9.17) is 4.74 Å². The van der Waals surface area contributed by atoms with Crippen LogP contribution in [0.5, 0.6) is 5.75 Å². The lowest BCUT2D eigenvalue weighted by Gasteiger charge is -2.02. The fraction of sp³-hybridized carbons (Fsp3) is 0.0625. The number of hydrogen-bond acceptors (Lipinski definition) is 4. The molecule has 2 aromatic rings. The number of hydrogen-bond donors (Lipinski definition) is 0. The largest absolute Gasteiger partial charge is 0.490 e. The molecule has 0 amide bonds. The fourth-order valence-corrected chi connectivity index (χ4v) is 1.82. The molecule has 21 heavy (non-hydrogen) atoms. The summed E-state index contributed by atoms with van der Waals surface area (Å²) in [6, 6.07) is 13.3. The van der Waals surface area contributed by atoms with E-state index in [9.17, 15) is 14.9 Å². The number of nitro groups is 1. The zero-order chi connectivity index (χ0) is 15.2. The van der Waals surface area contributed by atoms with Crippen molar-refractivity contribution in [2.24, 2.45) is 0 Å². The fourth-order valence-electron chi connectivity index (χ4n) is 1.82. The van der Waals surface area contributed by atoms with Gasteiger partial charge in [0.25, 0.3) is 0 Å². The van der Waals surface area contributed by atoms with Crippen molar-refractivity contribution in [1.82, 2.24) is 0 Å². The lowest BCUT2D eigenvalue weighted by molar-refractivity contribution is -0.385. The van der Waals surface area contributed by atoms with Crippen LogP contribution in [0.25, 0.3) is 6.08 Å². The predicted molar refractivity (Wildman–Crippen MR) is 79.5 cm³/mol. The summed E-state index contributed by atoms with van der Waals surface area (Å²) in [7, 11) is 1.37. The smallest absolute Gasteiger partial charge is 0.311 e. The van der Waals surface area contributed by atoms with E-state index in [0.717, 1.165) is 0 Å². The van der Waals surface area contributed by atoms with Gasteiger partial charge in [-0.15, -0.1) is 0 Å². The monoisotopic (exact) mass is 283 g/mol. The van der Waals surface area contributed by atoms with Gasteiger partial charge >= 0.3 is 5.69 Å². The third-order valence-corrected chi connectivity index (χ3v) is 2.89. The molecule has 106 valence electrons. The summed E-state index contributed by atoms with van der Waals surface area (Å²) in [6.45, 7) is 0. The molecule has 0 saturated carbocycles. The molecule has 0 saturated heterocycles. The molecule has 0 radical (unpaired) electrons. The van der Waals surface area contributed by atoms with Crippen LogP contribution >= 0.6 is 0 Å². The van der Waals surface area contributed by atoms with Crippen molar-refractivity contribution < 1.29 is 14.5 Å². The Balaban J connectivity index is 2.24. The van der Waals surface area contributed by atoms with Crippen LogP contribution < -0.4 is 4.74 Å². The number of carbonyl (C=O) groups is 1. The van der Waals surface area contributed by atoms with Gasteiger partial charge in [-0.25, -0.2) is 0 Å². The molecule has 0 aliphatic carbocycles. The molecule has 0 fully saturated rings.